The summed E-state index contributed by atoms with van der Waals surface area (Å²) in [5.41, 5.74) is 5.71. The number of hydrogen-bond acceptors (Lipinski definition) is 3. The zero-order valence-corrected chi connectivity index (χ0v) is 14.7. The van der Waals surface area contributed by atoms with Gasteiger partial charge < -0.3 is 11.1 Å². The molecule has 1 saturated carbocycles. The summed E-state index contributed by atoms with van der Waals surface area (Å²) in [6.07, 6.45) is 3.58. The van der Waals surface area contributed by atoms with E-state index in [-0.39, 0.29) is 24.4 Å². The van der Waals surface area contributed by atoms with E-state index in [1.807, 2.05) is 0 Å². The van der Waals surface area contributed by atoms with Crippen molar-refractivity contribution in [2.75, 3.05) is 0 Å². The summed E-state index contributed by atoms with van der Waals surface area (Å²) in [5.74, 6) is 0.128. The second-order valence-corrected chi connectivity index (χ2v) is 7.56. The number of rotatable bonds is 7. The van der Waals surface area contributed by atoms with Gasteiger partial charge in [-0.2, -0.15) is 0 Å². The minimum absolute atomic E-state index is 0.111. The Morgan fingerprint density at radius 1 is 1.28 bits per heavy atom. The number of urea groups is 1. The monoisotopic (exact) mass is 343 g/mol. The molecule has 4 amide bonds. The third kappa shape index (κ3) is 3.38. The van der Waals surface area contributed by atoms with Crippen molar-refractivity contribution in [3.63, 3.8) is 0 Å². The lowest BCUT2D eigenvalue weighted by atomic mass is 9.85. The van der Waals surface area contributed by atoms with Crippen LogP contribution in [0.1, 0.15) is 55.5 Å². The second-order valence-electron chi connectivity index (χ2n) is 7.56. The number of nitrogens with one attached hydrogen (secondary N) is 1. The van der Waals surface area contributed by atoms with Crippen molar-refractivity contribution >= 4 is 17.8 Å². The van der Waals surface area contributed by atoms with Crippen LogP contribution < -0.4 is 11.1 Å². The molecule has 0 bridgehead atoms. The highest BCUT2D eigenvalue weighted by molar-refractivity contribution is 6.07. The van der Waals surface area contributed by atoms with Crippen molar-refractivity contribution in [2.24, 2.45) is 17.6 Å². The number of carbonyl (C=O) groups is 3. The fraction of sp³-hybridized carbons (Fsp3) is 0.526. The van der Waals surface area contributed by atoms with E-state index in [9.17, 15) is 14.4 Å². The Morgan fingerprint density at radius 3 is 2.44 bits per heavy atom. The molecular weight excluding hydrogens is 318 g/mol. The largest absolute Gasteiger partial charge is 0.366 e. The third-order valence-corrected chi connectivity index (χ3v) is 5.17. The fourth-order valence-electron chi connectivity index (χ4n) is 3.49. The van der Waals surface area contributed by atoms with Crippen LogP contribution in [0.4, 0.5) is 4.79 Å². The number of primary amides is 1. The lowest BCUT2D eigenvalue weighted by molar-refractivity contribution is -0.132. The van der Waals surface area contributed by atoms with E-state index in [2.05, 4.69) is 19.2 Å². The van der Waals surface area contributed by atoms with Crippen LogP contribution in [0, 0.1) is 11.8 Å². The molecule has 0 aromatic heterocycles. The van der Waals surface area contributed by atoms with Crippen LogP contribution in [0.25, 0.3) is 0 Å². The van der Waals surface area contributed by atoms with Crippen molar-refractivity contribution in [2.45, 2.75) is 51.6 Å². The molecule has 1 saturated heterocycles. The summed E-state index contributed by atoms with van der Waals surface area (Å²) in [6.45, 7) is 4.46. The number of hydrogen-bond donors (Lipinski definition) is 2. The summed E-state index contributed by atoms with van der Waals surface area (Å²) >= 11 is 0. The molecule has 1 aliphatic heterocycles. The van der Waals surface area contributed by atoms with Crippen LogP contribution in [0.5, 0.6) is 0 Å². The van der Waals surface area contributed by atoms with Crippen LogP contribution in [0.15, 0.2) is 24.3 Å². The number of amides is 4. The molecule has 1 heterocycles. The van der Waals surface area contributed by atoms with Crippen LogP contribution in [-0.2, 0) is 11.3 Å². The van der Waals surface area contributed by atoms with Gasteiger partial charge in [0.15, 0.2) is 0 Å². The highest BCUT2D eigenvalue weighted by atomic mass is 16.2. The molecule has 1 aromatic carbocycles. The molecular formula is C19H25N3O3. The van der Waals surface area contributed by atoms with Crippen molar-refractivity contribution in [3.05, 3.63) is 35.4 Å². The van der Waals surface area contributed by atoms with Gasteiger partial charge in [-0.15, -0.1) is 0 Å². The molecule has 0 unspecified atom stereocenters. The maximum atomic E-state index is 13.1. The van der Waals surface area contributed by atoms with Gasteiger partial charge in [0.1, 0.15) is 5.54 Å². The second kappa shape index (κ2) is 6.50. The average Bonchev–Trinajstić information content (AvgIpc) is 3.38. The zero-order chi connectivity index (χ0) is 18.2. The molecule has 0 spiro atoms. The summed E-state index contributed by atoms with van der Waals surface area (Å²) in [4.78, 5) is 38.0. The first-order valence-electron chi connectivity index (χ1n) is 8.86. The highest BCUT2D eigenvalue weighted by Gasteiger charge is 2.58. The van der Waals surface area contributed by atoms with Crippen molar-refractivity contribution in [1.29, 1.82) is 0 Å². The van der Waals surface area contributed by atoms with E-state index in [1.54, 1.807) is 24.3 Å². The summed E-state index contributed by atoms with van der Waals surface area (Å²) in [5, 5.41) is 3.00. The number of carbonyl (C=O) groups excluding carboxylic acids is 3. The van der Waals surface area contributed by atoms with Gasteiger partial charge in [-0.05, 0) is 55.2 Å². The van der Waals surface area contributed by atoms with Gasteiger partial charge in [-0.1, -0.05) is 26.0 Å². The van der Waals surface area contributed by atoms with Crippen molar-refractivity contribution in [3.8, 4) is 0 Å². The average molecular weight is 343 g/mol. The first-order chi connectivity index (χ1) is 11.8. The third-order valence-electron chi connectivity index (χ3n) is 5.17. The lowest BCUT2D eigenvalue weighted by Gasteiger charge is -2.27. The number of imide groups is 1. The van der Waals surface area contributed by atoms with E-state index in [1.165, 1.54) is 4.90 Å². The van der Waals surface area contributed by atoms with Crippen LogP contribution in [-0.4, -0.2) is 28.3 Å². The van der Waals surface area contributed by atoms with Gasteiger partial charge in [0.2, 0.25) is 5.91 Å². The molecule has 1 aromatic rings. The zero-order valence-electron chi connectivity index (χ0n) is 14.7. The Balaban J connectivity index is 1.77. The van der Waals surface area contributed by atoms with E-state index in [0.29, 0.717) is 17.9 Å². The van der Waals surface area contributed by atoms with Crippen molar-refractivity contribution in [1.82, 2.24) is 10.2 Å². The quantitative estimate of drug-likeness (QED) is 0.745. The van der Waals surface area contributed by atoms with Crippen LogP contribution in [0.3, 0.4) is 0 Å². The van der Waals surface area contributed by atoms with E-state index < -0.39 is 11.4 Å². The lowest BCUT2D eigenvalue weighted by Crippen LogP contribution is -2.49. The Kier molecular flexibility index (Phi) is 4.54. The van der Waals surface area contributed by atoms with Gasteiger partial charge >= 0.3 is 6.03 Å². The maximum Gasteiger partial charge on any atom is 0.325 e. The predicted molar refractivity (Wildman–Crippen MR) is 93.6 cm³/mol. The molecule has 3 N–H and O–H groups in total. The SMILES string of the molecule is CC(C)CC[C@@]1(C2CC2)NC(=O)N(Cc2ccc(C(N)=O)cc2)C1=O. The Morgan fingerprint density at radius 2 is 1.92 bits per heavy atom. The van der Waals surface area contributed by atoms with Gasteiger partial charge in [0.05, 0.1) is 6.54 Å². The molecule has 25 heavy (non-hydrogen) atoms. The first kappa shape index (κ1) is 17.5. The minimum Gasteiger partial charge on any atom is -0.366 e. The fourth-order valence-corrected chi connectivity index (χ4v) is 3.49. The minimum atomic E-state index is -0.728. The van der Waals surface area contributed by atoms with Gasteiger partial charge in [-0.25, -0.2) is 4.79 Å². The molecule has 6 heteroatoms. The summed E-state index contributed by atoms with van der Waals surface area (Å²) in [6, 6.07) is 6.36. The van der Waals surface area contributed by atoms with E-state index >= 15 is 0 Å². The highest BCUT2D eigenvalue weighted by Crippen LogP contribution is 2.46. The molecule has 134 valence electrons. The molecule has 3 rings (SSSR count). The summed E-state index contributed by atoms with van der Waals surface area (Å²) < 4.78 is 0. The molecule has 1 atom stereocenters. The number of nitrogens with zero attached hydrogens (tertiary/aromatic N) is 1. The van der Waals surface area contributed by atoms with Crippen molar-refractivity contribution < 1.29 is 14.4 Å². The Bertz CT molecular complexity index is 694. The van der Waals surface area contributed by atoms with Crippen LogP contribution in [0.2, 0.25) is 0 Å². The molecule has 2 aliphatic rings. The normalized spacial score (nSPS) is 23.2. The molecule has 1 aliphatic carbocycles. The van der Waals surface area contributed by atoms with Gasteiger partial charge in [-0.3, -0.25) is 14.5 Å². The molecule has 0 radical (unpaired) electrons. The molecule has 2 fully saturated rings. The van der Waals surface area contributed by atoms with E-state index in [4.69, 9.17) is 5.73 Å². The predicted octanol–water partition coefficient (Wildman–Crippen LogP) is 2.42. The van der Waals surface area contributed by atoms with Gasteiger partial charge in [0, 0.05) is 5.56 Å². The maximum absolute atomic E-state index is 13.1. The summed E-state index contributed by atoms with van der Waals surface area (Å²) in [7, 11) is 0. The number of nitrogens with two attached hydrogens (primary N) is 1. The Labute approximate surface area is 147 Å². The topological polar surface area (TPSA) is 92.5 Å². The smallest absolute Gasteiger partial charge is 0.325 e. The standard InChI is InChI=1S/C19H25N3O3/c1-12(2)9-10-19(15-7-8-15)17(24)22(18(25)21-19)11-13-3-5-14(6-4-13)16(20)23/h3-6,12,15H,7-11H2,1-2H3,(H2,20,23)(H,21,25)/t19-/m0/s1. The Hall–Kier alpha value is -2.37. The molecule has 6 nitrogen and oxygen atoms in total. The van der Waals surface area contributed by atoms with E-state index in [0.717, 1.165) is 24.8 Å². The number of benzene rings is 1. The van der Waals surface area contributed by atoms with Crippen LogP contribution >= 0.6 is 0 Å². The van der Waals surface area contributed by atoms with Gasteiger partial charge in [0.25, 0.3) is 5.91 Å². The first-order valence-corrected chi connectivity index (χ1v) is 8.86.